The van der Waals surface area contributed by atoms with Crippen molar-refractivity contribution < 1.29 is 23.1 Å². The Hall–Kier alpha value is -2.35. The first kappa shape index (κ1) is 17.0. The van der Waals surface area contributed by atoms with Gasteiger partial charge in [0.15, 0.2) is 5.82 Å². The van der Waals surface area contributed by atoms with E-state index in [9.17, 15) is 23.1 Å². The van der Waals surface area contributed by atoms with E-state index in [4.69, 9.17) is 0 Å². The number of carbonyl (C=O) groups excluding carboxylic acids is 1. The Morgan fingerprint density at radius 2 is 1.91 bits per heavy atom. The number of halogens is 3. The van der Waals surface area contributed by atoms with E-state index < -0.39 is 29.9 Å². The third-order valence-electron chi connectivity index (χ3n) is 3.41. The van der Waals surface area contributed by atoms with Crippen LogP contribution in [0.5, 0.6) is 0 Å². The van der Waals surface area contributed by atoms with Crippen molar-refractivity contribution in [2.45, 2.75) is 25.1 Å². The van der Waals surface area contributed by atoms with Gasteiger partial charge < -0.3 is 15.0 Å². The summed E-state index contributed by atoms with van der Waals surface area (Å²) in [6.45, 7) is 1.84. The van der Waals surface area contributed by atoms with Crippen LogP contribution in [0.1, 0.15) is 17.8 Å². The maximum absolute atomic E-state index is 13.3. The van der Waals surface area contributed by atoms with E-state index in [1.54, 1.807) is 24.3 Å². The fourth-order valence-corrected chi connectivity index (χ4v) is 2.14. The molecule has 5 nitrogen and oxygen atoms in total. The van der Waals surface area contributed by atoms with Crippen LogP contribution < -0.4 is 5.32 Å². The Kier molecular flexibility index (Phi) is 4.46. The van der Waals surface area contributed by atoms with Gasteiger partial charge in [-0.15, -0.1) is 0 Å². The maximum atomic E-state index is 13.3. The number of hydrogen-bond donors (Lipinski definition) is 2. The molecule has 0 aliphatic carbocycles. The summed E-state index contributed by atoms with van der Waals surface area (Å²) >= 11 is 0. The third kappa shape index (κ3) is 3.53. The average molecular weight is 327 g/mol. The van der Waals surface area contributed by atoms with Crippen molar-refractivity contribution in [1.82, 2.24) is 9.55 Å². The molecule has 2 N–H and O–H groups in total. The molecule has 0 saturated heterocycles. The number of aromatic nitrogens is 2. The first-order valence-corrected chi connectivity index (χ1v) is 6.77. The fraction of sp³-hybridized carbons (Fsp3) is 0.333. The van der Waals surface area contributed by atoms with Crippen LogP contribution >= 0.6 is 0 Å². The molecular formula is C15H16F3N3O2. The van der Waals surface area contributed by atoms with Gasteiger partial charge in [0.1, 0.15) is 0 Å². The summed E-state index contributed by atoms with van der Waals surface area (Å²) in [4.78, 5) is 15.5. The average Bonchev–Trinajstić information content (AvgIpc) is 2.86. The van der Waals surface area contributed by atoms with E-state index in [0.717, 1.165) is 16.3 Å². The van der Waals surface area contributed by atoms with Crippen LogP contribution in [-0.2, 0) is 17.4 Å². The van der Waals surface area contributed by atoms with Crippen LogP contribution in [-0.4, -0.2) is 26.7 Å². The fourth-order valence-electron chi connectivity index (χ4n) is 2.14. The lowest BCUT2D eigenvalue weighted by Crippen LogP contribution is -2.46. The Morgan fingerprint density at radius 3 is 2.39 bits per heavy atom. The Labute approximate surface area is 130 Å². The minimum atomic E-state index is -5.04. The lowest BCUT2D eigenvalue weighted by atomic mass is 9.97. The highest BCUT2D eigenvalue weighted by Gasteiger charge is 2.58. The number of alkyl halides is 3. The standard InChI is InChI=1S/C15H16F3N3O2/c1-10-3-5-11(6-4-10)20-12(22)9-14(23,15(16,17)18)13-19-7-8-21(13)2/h3-8,23H,9H2,1-2H3,(H,20,22)/t14-/m0/s1. The van der Waals surface area contributed by atoms with Crippen LogP contribution in [0.2, 0.25) is 0 Å². The monoisotopic (exact) mass is 327 g/mol. The number of carbonyl (C=O) groups is 1. The van der Waals surface area contributed by atoms with Crippen LogP contribution in [0, 0.1) is 6.92 Å². The Morgan fingerprint density at radius 1 is 1.30 bits per heavy atom. The lowest BCUT2D eigenvalue weighted by molar-refractivity contribution is -0.270. The van der Waals surface area contributed by atoms with E-state index in [2.05, 4.69) is 10.3 Å². The third-order valence-corrected chi connectivity index (χ3v) is 3.41. The van der Waals surface area contributed by atoms with Crippen molar-refractivity contribution in [3.8, 4) is 0 Å². The molecule has 0 spiro atoms. The Bertz CT molecular complexity index is 695. The zero-order valence-corrected chi connectivity index (χ0v) is 12.6. The van der Waals surface area contributed by atoms with Crippen molar-refractivity contribution in [1.29, 1.82) is 0 Å². The van der Waals surface area contributed by atoms with Gasteiger partial charge in [-0.3, -0.25) is 4.79 Å². The summed E-state index contributed by atoms with van der Waals surface area (Å²) in [5.74, 6) is -1.60. The highest BCUT2D eigenvalue weighted by molar-refractivity contribution is 5.91. The topological polar surface area (TPSA) is 67.2 Å². The van der Waals surface area contributed by atoms with Crippen molar-refractivity contribution in [2.24, 2.45) is 7.05 Å². The number of nitrogens with zero attached hydrogens (tertiary/aromatic N) is 2. The second kappa shape index (κ2) is 6.04. The Balaban J connectivity index is 2.23. The SMILES string of the molecule is Cc1ccc(NC(=O)C[C@](O)(c2nccn2C)C(F)(F)F)cc1. The van der Waals surface area contributed by atoms with E-state index in [0.29, 0.717) is 5.69 Å². The minimum absolute atomic E-state index is 0.352. The van der Waals surface area contributed by atoms with E-state index in [-0.39, 0.29) is 0 Å². The molecule has 1 atom stereocenters. The normalized spacial score (nSPS) is 14.3. The number of aliphatic hydroxyl groups is 1. The molecule has 2 aromatic rings. The minimum Gasteiger partial charge on any atom is -0.374 e. The van der Waals surface area contributed by atoms with Gasteiger partial charge in [-0.25, -0.2) is 4.98 Å². The molecule has 1 amide bonds. The molecule has 23 heavy (non-hydrogen) atoms. The lowest BCUT2D eigenvalue weighted by Gasteiger charge is -2.29. The molecule has 0 saturated carbocycles. The predicted octanol–water partition coefficient (Wildman–Crippen LogP) is 2.51. The summed E-state index contributed by atoms with van der Waals surface area (Å²) in [6, 6.07) is 6.57. The number of benzene rings is 1. The molecule has 0 unspecified atom stereocenters. The molecule has 2 rings (SSSR count). The van der Waals surface area contributed by atoms with Crippen LogP contribution in [0.15, 0.2) is 36.7 Å². The zero-order chi connectivity index (χ0) is 17.3. The summed E-state index contributed by atoms with van der Waals surface area (Å²) in [5.41, 5.74) is -2.06. The van der Waals surface area contributed by atoms with E-state index in [1.807, 2.05) is 6.92 Å². The van der Waals surface area contributed by atoms with Crippen molar-refractivity contribution in [3.63, 3.8) is 0 Å². The smallest absolute Gasteiger partial charge is 0.374 e. The largest absolute Gasteiger partial charge is 0.425 e. The van der Waals surface area contributed by atoms with Gasteiger partial charge in [0.2, 0.25) is 11.5 Å². The molecule has 0 fully saturated rings. The highest BCUT2D eigenvalue weighted by Crippen LogP contribution is 2.40. The van der Waals surface area contributed by atoms with E-state index >= 15 is 0 Å². The van der Waals surface area contributed by atoms with Crippen molar-refractivity contribution in [3.05, 3.63) is 48.0 Å². The molecule has 1 aromatic heterocycles. The van der Waals surface area contributed by atoms with Gasteiger partial charge in [-0.05, 0) is 19.1 Å². The quantitative estimate of drug-likeness (QED) is 0.907. The number of rotatable bonds is 4. The first-order valence-electron chi connectivity index (χ1n) is 6.77. The van der Waals surface area contributed by atoms with Crippen LogP contribution in [0.25, 0.3) is 0 Å². The summed E-state index contributed by atoms with van der Waals surface area (Å²) < 4.78 is 41.0. The summed E-state index contributed by atoms with van der Waals surface area (Å²) in [7, 11) is 1.32. The second-order valence-electron chi connectivity index (χ2n) is 5.31. The maximum Gasteiger partial charge on any atom is 0.425 e. The van der Waals surface area contributed by atoms with Gasteiger partial charge in [0, 0.05) is 25.1 Å². The van der Waals surface area contributed by atoms with Gasteiger partial charge in [-0.1, -0.05) is 17.7 Å². The highest BCUT2D eigenvalue weighted by atomic mass is 19.4. The van der Waals surface area contributed by atoms with Gasteiger partial charge in [-0.2, -0.15) is 13.2 Å². The molecule has 124 valence electrons. The number of imidazole rings is 1. The number of anilines is 1. The van der Waals surface area contributed by atoms with Gasteiger partial charge >= 0.3 is 6.18 Å². The van der Waals surface area contributed by atoms with Gasteiger partial charge in [0.05, 0.1) is 6.42 Å². The van der Waals surface area contributed by atoms with Crippen molar-refractivity contribution in [2.75, 3.05) is 5.32 Å². The van der Waals surface area contributed by atoms with Crippen LogP contribution in [0.4, 0.5) is 18.9 Å². The molecule has 1 heterocycles. The van der Waals surface area contributed by atoms with Crippen molar-refractivity contribution >= 4 is 11.6 Å². The first-order chi connectivity index (χ1) is 10.6. The summed E-state index contributed by atoms with van der Waals surface area (Å²) in [6.07, 6.45) is -3.83. The molecule has 0 aliphatic rings. The van der Waals surface area contributed by atoms with Crippen LogP contribution in [0.3, 0.4) is 0 Å². The molecule has 8 heteroatoms. The zero-order valence-electron chi connectivity index (χ0n) is 12.6. The number of amides is 1. The molecule has 1 aromatic carbocycles. The number of nitrogens with one attached hydrogen (secondary N) is 1. The number of hydrogen-bond acceptors (Lipinski definition) is 3. The molecule has 0 aliphatic heterocycles. The number of aryl methyl sites for hydroxylation is 2. The summed E-state index contributed by atoms with van der Waals surface area (Å²) in [5, 5.41) is 12.5. The molecule has 0 radical (unpaired) electrons. The second-order valence-corrected chi connectivity index (χ2v) is 5.31. The molecule has 0 bridgehead atoms. The molecular weight excluding hydrogens is 311 g/mol. The van der Waals surface area contributed by atoms with Gasteiger partial charge in [0.25, 0.3) is 0 Å². The van der Waals surface area contributed by atoms with E-state index in [1.165, 1.54) is 13.2 Å². The predicted molar refractivity (Wildman–Crippen MR) is 77.6 cm³/mol.